The van der Waals surface area contributed by atoms with Crippen molar-refractivity contribution >= 4 is 23.3 Å². The van der Waals surface area contributed by atoms with Crippen LogP contribution in [0.2, 0.25) is 0 Å². The van der Waals surface area contributed by atoms with Gasteiger partial charge in [0.05, 0.1) is 24.8 Å². The second kappa shape index (κ2) is 9.16. The van der Waals surface area contributed by atoms with Crippen molar-refractivity contribution in [3.8, 4) is 11.5 Å². The number of aliphatic hydroxyl groups excluding tert-OH is 1. The van der Waals surface area contributed by atoms with Gasteiger partial charge in [-0.1, -0.05) is 18.2 Å². The molecule has 2 heterocycles. The number of hydrogen-bond acceptors (Lipinski definition) is 6. The first-order valence-corrected chi connectivity index (χ1v) is 10.5. The van der Waals surface area contributed by atoms with Crippen molar-refractivity contribution in [3.05, 3.63) is 89.6 Å². The molecule has 0 spiro atoms. The molecule has 2 aromatic carbocycles. The largest absolute Gasteiger partial charge is 0.507 e. The lowest BCUT2D eigenvalue weighted by Crippen LogP contribution is -2.30. The lowest BCUT2D eigenvalue weighted by atomic mass is 9.95. The number of Topliss-reactive ketones (excluding diaryl/α,β-unsaturated/α-hetero) is 1. The van der Waals surface area contributed by atoms with Crippen molar-refractivity contribution in [1.29, 1.82) is 0 Å². The first kappa shape index (κ1) is 22.1. The quantitative estimate of drug-likeness (QED) is 0.342. The predicted molar refractivity (Wildman–Crippen MR) is 124 cm³/mol. The Morgan fingerprint density at radius 3 is 2.21 bits per heavy atom. The fraction of sp³-hybridized carbons (Fsp3) is 0.192. The van der Waals surface area contributed by atoms with Gasteiger partial charge in [-0.25, -0.2) is 4.98 Å². The van der Waals surface area contributed by atoms with Gasteiger partial charge in [-0.3, -0.25) is 14.5 Å². The van der Waals surface area contributed by atoms with E-state index in [9.17, 15) is 14.7 Å². The number of carbonyl (C=O) groups excluding carboxylic acids is 2. The van der Waals surface area contributed by atoms with Crippen molar-refractivity contribution in [2.45, 2.75) is 26.0 Å². The second-order valence-electron chi connectivity index (χ2n) is 7.82. The first-order valence-electron chi connectivity index (χ1n) is 10.5. The molecule has 1 aromatic heterocycles. The zero-order chi connectivity index (χ0) is 23.5. The van der Waals surface area contributed by atoms with Gasteiger partial charge in [0, 0.05) is 11.8 Å². The minimum absolute atomic E-state index is 0.00298. The van der Waals surface area contributed by atoms with E-state index in [-0.39, 0.29) is 17.4 Å². The van der Waals surface area contributed by atoms with E-state index in [0.29, 0.717) is 28.4 Å². The van der Waals surface area contributed by atoms with Crippen LogP contribution in [0.25, 0.3) is 5.76 Å². The number of amides is 1. The maximum Gasteiger partial charge on any atom is 0.301 e. The summed E-state index contributed by atoms with van der Waals surface area (Å²) >= 11 is 0. The number of ether oxygens (including phenoxy) is 2. The highest BCUT2D eigenvalue weighted by molar-refractivity contribution is 6.51. The zero-order valence-electron chi connectivity index (χ0n) is 18.6. The van der Waals surface area contributed by atoms with Gasteiger partial charge in [-0.15, -0.1) is 0 Å². The molecule has 33 heavy (non-hydrogen) atoms. The molecule has 4 rings (SSSR count). The number of ketones is 1. The maximum atomic E-state index is 13.1. The van der Waals surface area contributed by atoms with Crippen LogP contribution < -0.4 is 14.4 Å². The summed E-state index contributed by atoms with van der Waals surface area (Å²) in [5.41, 5.74) is 1.04. The van der Waals surface area contributed by atoms with Crippen molar-refractivity contribution < 1.29 is 24.2 Å². The molecule has 168 valence electrons. The van der Waals surface area contributed by atoms with E-state index in [4.69, 9.17) is 9.47 Å². The van der Waals surface area contributed by atoms with Crippen LogP contribution >= 0.6 is 0 Å². The molecule has 1 amide bonds. The summed E-state index contributed by atoms with van der Waals surface area (Å²) < 4.78 is 10.9. The summed E-state index contributed by atoms with van der Waals surface area (Å²) in [7, 11) is 1.56. The Bertz CT molecular complexity index is 1190. The molecule has 1 saturated heterocycles. The number of nitrogens with zero attached hydrogens (tertiary/aromatic N) is 2. The summed E-state index contributed by atoms with van der Waals surface area (Å²) in [6.45, 7) is 3.84. The summed E-state index contributed by atoms with van der Waals surface area (Å²) in [5.74, 6) is -0.197. The van der Waals surface area contributed by atoms with E-state index in [1.165, 1.54) is 4.90 Å². The summed E-state index contributed by atoms with van der Waals surface area (Å²) in [5, 5.41) is 11.2. The SMILES string of the molecule is COc1ccc(C2/C(=C(\O)c3ccc(OC(C)C)cc3)C(=O)C(=O)N2c2ccccn2)cc1. The average molecular weight is 444 g/mol. The number of benzene rings is 2. The third kappa shape index (κ3) is 4.30. The minimum atomic E-state index is -0.850. The molecule has 0 radical (unpaired) electrons. The average Bonchev–Trinajstić information content (AvgIpc) is 3.10. The lowest BCUT2D eigenvalue weighted by Gasteiger charge is -2.24. The number of hydrogen-bond donors (Lipinski definition) is 1. The van der Waals surface area contributed by atoms with Crippen LogP contribution in [0.1, 0.15) is 31.0 Å². The lowest BCUT2D eigenvalue weighted by molar-refractivity contribution is -0.132. The Kier molecular flexibility index (Phi) is 6.13. The molecule has 1 fully saturated rings. The van der Waals surface area contributed by atoms with E-state index in [1.807, 2.05) is 13.8 Å². The molecule has 0 saturated carbocycles. The van der Waals surface area contributed by atoms with E-state index in [0.717, 1.165) is 0 Å². The monoisotopic (exact) mass is 444 g/mol. The minimum Gasteiger partial charge on any atom is -0.507 e. The number of carbonyl (C=O) groups is 2. The van der Waals surface area contributed by atoms with Gasteiger partial charge in [0.15, 0.2) is 0 Å². The Morgan fingerprint density at radius 1 is 0.970 bits per heavy atom. The second-order valence-corrected chi connectivity index (χ2v) is 7.82. The molecular formula is C26H24N2O5. The van der Waals surface area contributed by atoms with Crippen molar-refractivity contribution in [2.24, 2.45) is 0 Å². The third-order valence-corrected chi connectivity index (χ3v) is 5.27. The molecule has 1 unspecified atom stereocenters. The van der Waals surface area contributed by atoms with Gasteiger partial charge in [0.1, 0.15) is 23.1 Å². The van der Waals surface area contributed by atoms with Gasteiger partial charge >= 0.3 is 5.91 Å². The molecule has 0 bridgehead atoms. The normalized spacial score (nSPS) is 17.5. The highest BCUT2D eigenvalue weighted by Crippen LogP contribution is 2.41. The number of rotatable bonds is 6. The smallest absolute Gasteiger partial charge is 0.301 e. The van der Waals surface area contributed by atoms with Crippen LogP contribution in [-0.2, 0) is 9.59 Å². The fourth-order valence-corrected chi connectivity index (χ4v) is 3.79. The van der Waals surface area contributed by atoms with E-state index >= 15 is 0 Å². The first-order chi connectivity index (χ1) is 15.9. The number of methoxy groups -OCH3 is 1. The number of anilines is 1. The van der Waals surface area contributed by atoms with Crippen LogP contribution in [0.3, 0.4) is 0 Å². The molecule has 7 heteroatoms. The van der Waals surface area contributed by atoms with Crippen molar-refractivity contribution in [3.63, 3.8) is 0 Å². The molecule has 0 aliphatic carbocycles. The summed E-state index contributed by atoms with van der Waals surface area (Å²) in [4.78, 5) is 31.8. The summed E-state index contributed by atoms with van der Waals surface area (Å²) in [6.07, 6.45) is 1.55. The molecule has 1 aliphatic rings. The highest BCUT2D eigenvalue weighted by Gasteiger charge is 2.47. The van der Waals surface area contributed by atoms with Gasteiger partial charge < -0.3 is 14.6 Å². The number of aromatic nitrogens is 1. The van der Waals surface area contributed by atoms with Crippen molar-refractivity contribution in [1.82, 2.24) is 4.98 Å². The molecule has 1 N–H and O–H groups in total. The van der Waals surface area contributed by atoms with Crippen LogP contribution in [0.4, 0.5) is 5.82 Å². The van der Waals surface area contributed by atoms with E-state index < -0.39 is 17.7 Å². The van der Waals surface area contributed by atoms with Crippen LogP contribution in [0.15, 0.2) is 78.5 Å². The number of pyridine rings is 1. The third-order valence-electron chi connectivity index (χ3n) is 5.27. The van der Waals surface area contributed by atoms with Crippen LogP contribution in [-0.4, -0.2) is 35.0 Å². The highest BCUT2D eigenvalue weighted by atomic mass is 16.5. The Morgan fingerprint density at radius 2 is 1.64 bits per heavy atom. The standard InChI is InChI=1S/C26H24N2O5/c1-16(2)33-20-13-9-18(10-14-20)24(29)22-23(17-7-11-19(32-3)12-8-17)28(26(31)25(22)30)21-6-4-5-15-27-21/h4-16,23,29H,1-3H3/b24-22+. The molecule has 7 nitrogen and oxygen atoms in total. The Balaban J connectivity index is 1.85. The van der Waals surface area contributed by atoms with Crippen LogP contribution in [0, 0.1) is 0 Å². The van der Waals surface area contributed by atoms with Gasteiger partial charge in [0.2, 0.25) is 0 Å². The molecule has 1 aliphatic heterocycles. The number of aliphatic hydroxyl groups is 1. The molecule has 3 aromatic rings. The van der Waals surface area contributed by atoms with Crippen LogP contribution in [0.5, 0.6) is 11.5 Å². The van der Waals surface area contributed by atoms with Gasteiger partial charge in [-0.05, 0) is 67.9 Å². The molecule has 1 atom stereocenters. The Labute approximate surface area is 191 Å². The summed E-state index contributed by atoms with van der Waals surface area (Å²) in [6, 6.07) is 18.0. The molecular weight excluding hydrogens is 420 g/mol. The van der Waals surface area contributed by atoms with Gasteiger partial charge in [-0.2, -0.15) is 0 Å². The topological polar surface area (TPSA) is 89.0 Å². The maximum absolute atomic E-state index is 13.1. The fourth-order valence-electron chi connectivity index (χ4n) is 3.79. The van der Waals surface area contributed by atoms with Crippen molar-refractivity contribution in [2.75, 3.05) is 12.0 Å². The Hall–Kier alpha value is -4.13. The zero-order valence-corrected chi connectivity index (χ0v) is 18.6. The van der Waals surface area contributed by atoms with Gasteiger partial charge in [0.25, 0.3) is 5.78 Å². The van der Waals surface area contributed by atoms with E-state index in [2.05, 4.69) is 4.98 Å². The van der Waals surface area contributed by atoms with E-state index in [1.54, 1.807) is 80.0 Å². The predicted octanol–water partition coefficient (Wildman–Crippen LogP) is 4.50.